The molecule has 1 N–H and O–H groups in total. The van der Waals surface area contributed by atoms with Gasteiger partial charge >= 0.3 is 0 Å². The van der Waals surface area contributed by atoms with Gasteiger partial charge in [-0.15, -0.1) is 0 Å². The first-order valence-electron chi connectivity index (χ1n) is 9.94. The standard InChI is InChI=1S/C24H21N5O3/c1-27(16-18-5-3-2-4-6-18)21-10-8-20(9-11-21)26-24(30)19-7-12-22(23(15-19)29(31)32)28-14-13-25-17-28/h2-15,17H,16H2,1H3,(H,26,30). The van der Waals surface area contributed by atoms with E-state index in [-0.39, 0.29) is 11.3 Å². The Hall–Kier alpha value is -4.46. The van der Waals surface area contributed by atoms with Crippen molar-refractivity contribution < 1.29 is 9.72 Å². The molecule has 8 nitrogen and oxygen atoms in total. The number of nitro benzene ring substituents is 1. The van der Waals surface area contributed by atoms with Crippen LogP contribution in [0.15, 0.2) is 91.5 Å². The highest BCUT2D eigenvalue weighted by Gasteiger charge is 2.19. The molecule has 0 spiro atoms. The van der Waals surface area contributed by atoms with Gasteiger partial charge in [0.05, 0.1) is 11.3 Å². The van der Waals surface area contributed by atoms with Crippen LogP contribution in [0, 0.1) is 10.1 Å². The van der Waals surface area contributed by atoms with E-state index in [1.165, 1.54) is 34.8 Å². The van der Waals surface area contributed by atoms with Crippen molar-refractivity contribution >= 4 is 23.0 Å². The van der Waals surface area contributed by atoms with Gasteiger partial charge in [0, 0.05) is 49.0 Å². The minimum absolute atomic E-state index is 0.173. The zero-order valence-electron chi connectivity index (χ0n) is 17.4. The smallest absolute Gasteiger partial charge is 0.294 e. The largest absolute Gasteiger partial charge is 0.370 e. The Morgan fingerprint density at radius 2 is 1.84 bits per heavy atom. The Kier molecular flexibility index (Phi) is 5.94. The molecule has 0 aliphatic carbocycles. The molecule has 1 aromatic heterocycles. The third-order valence-corrected chi connectivity index (χ3v) is 5.05. The first-order valence-corrected chi connectivity index (χ1v) is 9.94. The Balaban J connectivity index is 1.47. The van der Waals surface area contributed by atoms with Gasteiger partial charge in [-0.05, 0) is 42.0 Å². The summed E-state index contributed by atoms with van der Waals surface area (Å²) in [6.07, 6.45) is 4.61. The van der Waals surface area contributed by atoms with E-state index in [2.05, 4.69) is 27.3 Å². The number of benzene rings is 3. The molecular weight excluding hydrogens is 406 g/mol. The maximum absolute atomic E-state index is 12.7. The lowest BCUT2D eigenvalue weighted by atomic mass is 10.1. The predicted molar refractivity (Wildman–Crippen MR) is 123 cm³/mol. The Bertz CT molecular complexity index is 1220. The molecule has 0 saturated carbocycles. The second-order valence-corrected chi connectivity index (χ2v) is 7.27. The fraction of sp³-hybridized carbons (Fsp3) is 0.0833. The summed E-state index contributed by atoms with van der Waals surface area (Å²) in [4.78, 5) is 29.7. The summed E-state index contributed by atoms with van der Waals surface area (Å²) in [6, 6.07) is 22.0. The molecule has 32 heavy (non-hydrogen) atoms. The number of nitrogens with one attached hydrogen (secondary N) is 1. The fourth-order valence-electron chi connectivity index (χ4n) is 3.38. The molecule has 1 heterocycles. The van der Waals surface area contributed by atoms with E-state index in [4.69, 9.17) is 0 Å². The number of nitro groups is 1. The van der Waals surface area contributed by atoms with Crippen LogP contribution < -0.4 is 10.2 Å². The molecule has 3 aromatic carbocycles. The molecule has 160 valence electrons. The minimum atomic E-state index is -0.510. The third kappa shape index (κ3) is 4.65. The molecule has 0 fully saturated rings. The molecule has 0 unspecified atom stereocenters. The van der Waals surface area contributed by atoms with Crippen molar-refractivity contribution in [2.45, 2.75) is 6.54 Å². The molecule has 0 bridgehead atoms. The van der Waals surface area contributed by atoms with Gasteiger partial charge in [0.2, 0.25) is 0 Å². The van der Waals surface area contributed by atoms with Gasteiger partial charge in [0.1, 0.15) is 5.69 Å². The molecule has 8 heteroatoms. The Morgan fingerprint density at radius 3 is 2.50 bits per heavy atom. The Morgan fingerprint density at radius 1 is 1.09 bits per heavy atom. The van der Waals surface area contributed by atoms with Gasteiger partial charge in [0.15, 0.2) is 0 Å². The number of hydrogen-bond donors (Lipinski definition) is 1. The molecule has 0 aliphatic rings. The van der Waals surface area contributed by atoms with E-state index in [0.717, 1.165) is 12.2 Å². The average Bonchev–Trinajstić information content (AvgIpc) is 3.34. The molecule has 0 radical (unpaired) electrons. The van der Waals surface area contributed by atoms with Gasteiger partial charge in [-0.3, -0.25) is 14.9 Å². The topological polar surface area (TPSA) is 93.3 Å². The third-order valence-electron chi connectivity index (χ3n) is 5.05. The molecule has 0 atom stereocenters. The van der Waals surface area contributed by atoms with Crippen LogP contribution in [0.1, 0.15) is 15.9 Å². The lowest BCUT2D eigenvalue weighted by Crippen LogP contribution is -2.16. The molecule has 0 aliphatic heterocycles. The van der Waals surface area contributed by atoms with Crippen molar-refractivity contribution in [1.29, 1.82) is 0 Å². The van der Waals surface area contributed by atoms with Crippen molar-refractivity contribution in [2.24, 2.45) is 0 Å². The number of amides is 1. The maximum atomic E-state index is 12.7. The van der Waals surface area contributed by atoms with E-state index >= 15 is 0 Å². The Labute approximate surface area is 184 Å². The number of nitrogens with zero attached hydrogens (tertiary/aromatic N) is 4. The molecule has 1 amide bonds. The van der Waals surface area contributed by atoms with Gasteiger partial charge in [-0.2, -0.15) is 0 Å². The second-order valence-electron chi connectivity index (χ2n) is 7.27. The number of carbonyl (C=O) groups is 1. The summed E-state index contributed by atoms with van der Waals surface area (Å²) in [5, 5.41) is 14.3. The second kappa shape index (κ2) is 9.13. The minimum Gasteiger partial charge on any atom is -0.370 e. The summed E-state index contributed by atoms with van der Waals surface area (Å²) in [7, 11) is 2.00. The molecule has 0 saturated heterocycles. The van der Waals surface area contributed by atoms with Crippen molar-refractivity contribution in [3.8, 4) is 5.69 Å². The highest BCUT2D eigenvalue weighted by Crippen LogP contribution is 2.25. The van der Waals surface area contributed by atoms with Gasteiger partial charge in [-0.25, -0.2) is 4.98 Å². The highest BCUT2D eigenvalue weighted by molar-refractivity contribution is 6.05. The lowest BCUT2D eigenvalue weighted by molar-refractivity contribution is -0.384. The number of aromatic nitrogens is 2. The zero-order chi connectivity index (χ0) is 22.5. The van der Waals surface area contributed by atoms with Crippen LogP contribution in [0.25, 0.3) is 5.69 Å². The summed E-state index contributed by atoms with van der Waals surface area (Å²) < 4.78 is 1.53. The van der Waals surface area contributed by atoms with Crippen molar-refractivity contribution in [3.63, 3.8) is 0 Å². The van der Waals surface area contributed by atoms with Crippen LogP contribution >= 0.6 is 0 Å². The SMILES string of the molecule is CN(Cc1ccccc1)c1ccc(NC(=O)c2ccc(-n3ccnc3)c([N+](=O)[O-])c2)cc1. The maximum Gasteiger partial charge on any atom is 0.294 e. The van der Waals surface area contributed by atoms with Gasteiger partial charge < -0.3 is 14.8 Å². The number of imidazole rings is 1. The van der Waals surface area contributed by atoms with E-state index in [0.29, 0.717) is 11.4 Å². The van der Waals surface area contributed by atoms with Crippen molar-refractivity contribution in [2.75, 3.05) is 17.3 Å². The van der Waals surface area contributed by atoms with Gasteiger partial charge in [0.25, 0.3) is 11.6 Å². The summed E-state index contributed by atoms with van der Waals surface area (Å²) in [5.41, 5.74) is 3.18. The highest BCUT2D eigenvalue weighted by atomic mass is 16.6. The number of rotatable bonds is 7. The molecular formula is C24H21N5O3. The average molecular weight is 427 g/mol. The molecule has 4 aromatic rings. The van der Waals surface area contributed by atoms with Crippen LogP contribution in [0.4, 0.5) is 17.1 Å². The number of anilines is 2. The first-order chi connectivity index (χ1) is 15.5. The monoisotopic (exact) mass is 427 g/mol. The van der Waals surface area contributed by atoms with Crippen LogP contribution in [-0.4, -0.2) is 27.4 Å². The quantitative estimate of drug-likeness (QED) is 0.342. The first kappa shape index (κ1) is 20.8. The van der Waals surface area contributed by atoms with Crippen molar-refractivity contribution in [1.82, 2.24) is 9.55 Å². The van der Waals surface area contributed by atoms with Gasteiger partial charge in [-0.1, -0.05) is 30.3 Å². The predicted octanol–water partition coefficient (Wildman–Crippen LogP) is 4.67. The van der Waals surface area contributed by atoms with E-state index in [1.54, 1.807) is 12.3 Å². The summed E-state index contributed by atoms with van der Waals surface area (Å²) >= 11 is 0. The summed E-state index contributed by atoms with van der Waals surface area (Å²) in [6.45, 7) is 0.763. The molecule has 4 rings (SSSR count). The lowest BCUT2D eigenvalue weighted by Gasteiger charge is -2.20. The van der Waals surface area contributed by atoms with E-state index in [1.807, 2.05) is 49.5 Å². The van der Waals surface area contributed by atoms with E-state index < -0.39 is 10.8 Å². The summed E-state index contributed by atoms with van der Waals surface area (Å²) in [5.74, 6) is -0.421. The number of carbonyl (C=O) groups excluding carboxylic acids is 1. The van der Waals surface area contributed by atoms with Crippen LogP contribution in [0.2, 0.25) is 0 Å². The van der Waals surface area contributed by atoms with Crippen LogP contribution in [0.3, 0.4) is 0 Å². The van der Waals surface area contributed by atoms with Crippen LogP contribution in [-0.2, 0) is 6.54 Å². The number of hydrogen-bond acceptors (Lipinski definition) is 5. The zero-order valence-corrected chi connectivity index (χ0v) is 17.4. The van der Waals surface area contributed by atoms with Crippen LogP contribution in [0.5, 0.6) is 0 Å². The fourth-order valence-corrected chi connectivity index (χ4v) is 3.38. The normalized spacial score (nSPS) is 10.5. The van der Waals surface area contributed by atoms with E-state index in [9.17, 15) is 14.9 Å². The van der Waals surface area contributed by atoms with Crippen molar-refractivity contribution in [3.05, 3.63) is 113 Å².